The standard InChI is InChI=1S/C11H15ClN2O2S/c12-9-5-13-10(15)14(6-9)7-11(8-17)1-3-16-4-2-11/h5-6,17H,1-4,7-8H2. The van der Waals surface area contributed by atoms with Crippen molar-refractivity contribution in [3.8, 4) is 0 Å². The third kappa shape index (κ3) is 3.03. The van der Waals surface area contributed by atoms with Crippen molar-refractivity contribution in [1.29, 1.82) is 0 Å². The highest BCUT2D eigenvalue weighted by Crippen LogP contribution is 2.33. The summed E-state index contributed by atoms with van der Waals surface area (Å²) >= 11 is 10.3. The van der Waals surface area contributed by atoms with Gasteiger partial charge in [0.2, 0.25) is 0 Å². The Balaban J connectivity index is 2.23. The van der Waals surface area contributed by atoms with Crippen molar-refractivity contribution in [3.63, 3.8) is 0 Å². The van der Waals surface area contributed by atoms with Crippen LogP contribution in [0.15, 0.2) is 17.2 Å². The maximum atomic E-state index is 11.6. The minimum Gasteiger partial charge on any atom is -0.381 e. The van der Waals surface area contributed by atoms with Crippen LogP contribution < -0.4 is 5.69 Å². The van der Waals surface area contributed by atoms with E-state index in [1.807, 2.05) is 0 Å². The smallest absolute Gasteiger partial charge is 0.347 e. The summed E-state index contributed by atoms with van der Waals surface area (Å²) in [7, 11) is 0. The molecule has 1 aliphatic heterocycles. The zero-order valence-corrected chi connectivity index (χ0v) is 11.1. The Bertz CT molecular complexity index is 443. The van der Waals surface area contributed by atoms with E-state index in [0.717, 1.165) is 31.8 Å². The van der Waals surface area contributed by atoms with Gasteiger partial charge >= 0.3 is 5.69 Å². The molecule has 1 saturated heterocycles. The molecule has 17 heavy (non-hydrogen) atoms. The normalized spacial score (nSPS) is 19.2. The quantitative estimate of drug-likeness (QED) is 0.852. The van der Waals surface area contributed by atoms with E-state index >= 15 is 0 Å². The molecular formula is C11H15ClN2O2S. The molecule has 0 saturated carbocycles. The van der Waals surface area contributed by atoms with Crippen molar-refractivity contribution >= 4 is 24.2 Å². The second kappa shape index (κ2) is 5.42. The van der Waals surface area contributed by atoms with Gasteiger partial charge in [0.15, 0.2) is 0 Å². The first kappa shape index (κ1) is 12.9. The van der Waals surface area contributed by atoms with Crippen LogP contribution in [0.5, 0.6) is 0 Å². The lowest BCUT2D eigenvalue weighted by molar-refractivity contribution is 0.0175. The highest BCUT2D eigenvalue weighted by Gasteiger charge is 2.32. The van der Waals surface area contributed by atoms with Gasteiger partial charge in [-0.05, 0) is 18.6 Å². The van der Waals surface area contributed by atoms with Crippen LogP contribution in [0.25, 0.3) is 0 Å². The highest BCUT2D eigenvalue weighted by molar-refractivity contribution is 7.80. The minimum absolute atomic E-state index is 0.0115. The van der Waals surface area contributed by atoms with Crippen molar-refractivity contribution in [1.82, 2.24) is 9.55 Å². The molecule has 1 aromatic rings. The molecule has 1 fully saturated rings. The summed E-state index contributed by atoms with van der Waals surface area (Å²) < 4.78 is 6.93. The number of halogens is 1. The predicted octanol–water partition coefficient (Wildman–Crippen LogP) is 1.62. The average molecular weight is 275 g/mol. The number of thiol groups is 1. The molecule has 0 spiro atoms. The van der Waals surface area contributed by atoms with Gasteiger partial charge in [-0.25, -0.2) is 9.78 Å². The van der Waals surface area contributed by atoms with Crippen LogP contribution in [-0.2, 0) is 11.3 Å². The molecular weight excluding hydrogens is 260 g/mol. The number of ether oxygens (including phenoxy) is 1. The SMILES string of the molecule is O=c1ncc(Cl)cn1CC1(CS)CCOCC1. The lowest BCUT2D eigenvalue weighted by Gasteiger charge is -2.36. The zero-order chi connectivity index (χ0) is 12.3. The van der Waals surface area contributed by atoms with E-state index < -0.39 is 0 Å². The Morgan fingerprint density at radius 1 is 1.53 bits per heavy atom. The third-order valence-corrected chi connectivity index (χ3v) is 4.08. The van der Waals surface area contributed by atoms with Crippen molar-refractivity contribution in [2.75, 3.05) is 19.0 Å². The monoisotopic (exact) mass is 274 g/mol. The highest BCUT2D eigenvalue weighted by atomic mass is 35.5. The van der Waals surface area contributed by atoms with Crippen LogP contribution in [-0.4, -0.2) is 28.5 Å². The molecule has 94 valence electrons. The molecule has 0 aliphatic carbocycles. The van der Waals surface area contributed by atoms with Gasteiger partial charge in [-0.3, -0.25) is 4.57 Å². The second-order valence-electron chi connectivity index (χ2n) is 4.45. The van der Waals surface area contributed by atoms with Crippen molar-refractivity contribution in [3.05, 3.63) is 27.9 Å². The Hall–Kier alpha value is -0.520. The van der Waals surface area contributed by atoms with Gasteiger partial charge < -0.3 is 4.74 Å². The predicted molar refractivity (Wildman–Crippen MR) is 69.8 cm³/mol. The van der Waals surface area contributed by atoms with Gasteiger partial charge in [0.1, 0.15) is 0 Å². The molecule has 0 bridgehead atoms. The lowest BCUT2D eigenvalue weighted by atomic mass is 9.82. The number of rotatable bonds is 3. The van der Waals surface area contributed by atoms with E-state index in [9.17, 15) is 4.79 Å². The molecule has 0 amide bonds. The van der Waals surface area contributed by atoms with Gasteiger partial charge in [0.05, 0.1) is 11.2 Å². The Morgan fingerprint density at radius 3 is 2.88 bits per heavy atom. The third-order valence-electron chi connectivity index (χ3n) is 3.22. The molecule has 1 aliphatic rings. The van der Waals surface area contributed by atoms with Gasteiger partial charge in [-0.15, -0.1) is 0 Å². The number of hydrogen-bond donors (Lipinski definition) is 1. The van der Waals surface area contributed by atoms with Gasteiger partial charge in [-0.2, -0.15) is 12.6 Å². The molecule has 0 N–H and O–H groups in total. The maximum absolute atomic E-state index is 11.6. The fourth-order valence-electron chi connectivity index (χ4n) is 2.07. The second-order valence-corrected chi connectivity index (χ2v) is 5.21. The Morgan fingerprint density at radius 2 is 2.24 bits per heavy atom. The van der Waals surface area contributed by atoms with Crippen molar-refractivity contribution in [2.24, 2.45) is 5.41 Å². The average Bonchev–Trinajstić information content (AvgIpc) is 2.35. The van der Waals surface area contributed by atoms with Crippen molar-refractivity contribution < 1.29 is 4.74 Å². The summed E-state index contributed by atoms with van der Waals surface area (Å²) in [5.74, 6) is 0.731. The summed E-state index contributed by atoms with van der Waals surface area (Å²) in [4.78, 5) is 15.4. The molecule has 4 nitrogen and oxygen atoms in total. The van der Waals surface area contributed by atoms with Gasteiger partial charge in [0.25, 0.3) is 0 Å². The minimum atomic E-state index is -0.262. The van der Waals surface area contributed by atoms with Crippen LogP contribution in [0.4, 0.5) is 0 Å². The van der Waals surface area contributed by atoms with E-state index in [2.05, 4.69) is 17.6 Å². The van der Waals surface area contributed by atoms with Gasteiger partial charge in [0, 0.05) is 31.4 Å². The van der Waals surface area contributed by atoms with E-state index in [0.29, 0.717) is 11.6 Å². The van der Waals surface area contributed by atoms with E-state index in [-0.39, 0.29) is 11.1 Å². The molecule has 0 atom stereocenters. The van der Waals surface area contributed by atoms with Crippen molar-refractivity contribution in [2.45, 2.75) is 19.4 Å². The van der Waals surface area contributed by atoms with Gasteiger partial charge in [-0.1, -0.05) is 11.6 Å². The molecule has 6 heteroatoms. The summed E-state index contributed by atoms with van der Waals surface area (Å²) in [6.45, 7) is 2.05. The first-order valence-electron chi connectivity index (χ1n) is 5.56. The van der Waals surface area contributed by atoms with E-state index in [4.69, 9.17) is 16.3 Å². The first-order chi connectivity index (χ1) is 8.15. The zero-order valence-electron chi connectivity index (χ0n) is 9.43. The molecule has 2 rings (SSSR count). The summed E-state index contributed by atoms with van der Waals surface area (Å²) in [5, 5.41) is 0.478. The maximum Gasteiger partial charge on any atom is 0.347 e. The van der Waals surface area contributed by atoms with Crippen LogP contribution in [0.2, 0.25) is 5.02 Å². The molecule has 0 radical (unpaired) electrons. The summed E-state index contributed by atoms with van der Waals surface area (Å²) in [5.41, 5.74) is -0.251. The van der Waals surface area contributed by atoms with Crippen LogP contribution >= 0.6 is 24.2 Å². The molecule has 0 aromatic carbocycles. The summed E-state index contributed by atoms with van der Waals surface area (Å²) in [6, 6.07) is 0. The Labute approximate surface area is 110 Å². The fraction of sp³-hybridized carbons (Fsp3) is 0.636. The molecule has 2 heterocycles. The lowest BCUT2D eigenvalue weighted by Crippen LogP contribution is -2.38. The molecule has 1 aromatic heterocycles. The topological polar surface area (TPSA) is 44.1 Å². The number of aromatic nitrogens is 2. The van der Waals surface area contributed by atoms with E-state index in [1.54, 1.807) is 10.8 Å². The fourth-order valence-corrected chi connectivity index (χ4v) is 2.66. The largest absolute Gasteiger partial charge is 0.381 e. The molecule has 0 unspecified atom stereocenters. The first-order valence-corrected chi connectivity index (χ1v) is 6.57. The van der Waals surface area contributed by atoms with E-state index in [1.165, 1.54) is 6.20 Å². The van der Waals surface area contributed by atoms with Crippen LogP contribution in [0.1, 0.15) is 12.8 Å². The van der Waals surface area contributed by atoms with Crippen LogP contribution in [0.3, 0.4) is 0 Å². The summed E-state index contributed by atoms with van der Waals surface area (Å²) in [6.07, 6.45) is 4.83. The number of nitrogens with zero attached hydrogens (tertiary/aromatic N) is 2. The number of hydrogen-bond acceptors (Lipinski definition) is 4. The van der Waals surface area contributed by atoms with Crippen LogP contribution in [0, 0.1) is 5.41 Å². The Kier molecular flexibility index (Phi) is 4.12.